The van der Waals surface area contributed by atoms with E-state index < -0.39 is 0 Å². The van der Waals surface area contributed by atoms with Crippen molar-refractivity contribution in [3.63, 3.8) is 0 Å². The highest BCUT2D eigenvalue weighted by Gasteiger charge is 2.28. The first-order chi connectivity index (χ1) is 12.1. The average Bonchev–Trinajstić information content (AvgIpc) is 3.02. The predicted molar refractivity (Wildman–Crippen MR) is 95.8 cm³/mol. The molecular weight excluding hydrogens is 320 g/mol. The molecule has 2 heterocycles. The van der Waals surface area contributed by atoms with E-state index in [1.54, 1.807) is 25.1 Å². The molecule has 0 spiro atoms. The van der Waals surface area contributed by atoms with Crippen molar-refractivity contribution in [3.8, 4) is 5.75 Å². The molecule has 1 aromatic carbocycles. The molecule has 0 saturated carbocycles. The molecule has 1 aliphatic heterocycles. The lowest BCUT2D eigenvalue weighted by Gasteiger charge is -2.39. The Bertz CT molecular complexity index is 705. The molecule has 7 nitrogen and oxygen atoms in total. The van der Waals surface area contributed by atoms with Gasteiger partial charge in [0.05, 0.1) is 6.04 Å². The van der Waals surface area contributed by atoms with Crippen molar-refractivity contribution >= 4 is 17.4 Å². The van der Waals surface area contributed by atoms with Crippen molar-refractivity contribution in [2.24, 2.45) is 0 Å². The quantitative estimate of drug-likeness (QED) is 0.866. The van der Waals surface area contributed by atoms with Gasteiger partial charge < -0.3 is 19.8 Å². The van der Waals surface area contributed by atoms with Crippen LogP contribution in [0.25, 0.3) is 0 Å². The number of aromatic hydroxyl groups is 1. The highest BCUT2D eigenvalue weighted by molar-refractivity contribution is 5.94. The van der Waals surface area contributed by atoms with Crippen molar-refractivity contribution in [3.05, 3.63) is 36.1 Å². The number of anilines is 2. The summed E-state index contributed by atoms with van der Waals surface area (Å²) in [6, 6.07) is 8.77. The van der Waals surface area contributed by atoms with E-state index in [0.29, 0.717) is 11.6 Å². The van der Waals surface area contributed by atoms with Gasteiger partial charge in [0.2, 0.25) is 5.91 Å². The van der Waals surface area contributed by atoms with Crippen molar-refractivity contribution in [2.45, 2.75) is 26.3 Å². The van der Waals surface area contributed by atoms with Gasteiger partial charge in [-0.2, -0.15) is 0 Å². The fourth-order valence-corrected chi connectivity index (χ4v) is 3.20. The van der Waals surface area contributed by atoms with Crippen LogP contribution in [0.2, 0.25) is 0 Å². The number of nitrogens with one attached hydrogen (secondary N) is 1. The van der Waals surface area contributed by atoms with Crippen molar-refractivity contribution < 1.29 is 14.4 Å². The fourth-order valence-electron chi connectivity index (χ4n) is 3.20. The van der Waals surface area contributed by atoms with E-state index in [2.05, 4.69) is 20.3 Å². The molecule has 3 rings (SSSR count). The Morgan fingerprint density at radius 1 is 1.28 bits per heavy atom. The molecule has 0 aliphatic carbocycles. The zero-order valence-electron chi connectivity index (χ0n) is 14.6. The van der Waals surface area contributed by atoms with Gasteiger partial charge in [-0.15, -0.1) is 0 Å². The van der Waals surface area contributed by atoms with Gasteiger partial charge in [-0.1, -0.05) is 12.1 Å². The maximum absolute atomic E-state index is 12.6. The molecule has 25 heavy (non-hydrogen) atoms. The molecule has 1 fully saturated rings. The summed E-state index contributed by atoms with van der Waals surface area (Å²) in [6.07, 6.45) is 0.738. The van der Waals surface area contributed by atoms with E-state index in [-0.39, 0.29) is 17.7 Å². The third kappa shape index (κ3) is 4.11. The van der Waals surface area contributed by atoms with E-state index >= 15 is 0 Å². The molecule has 0 bridgehead atoms. The number of phenols is 1. The van der Waals surface area contributed by atoms with Crippen LogP contribution in [0.5, 0.6) is 5.75 Å². The molecule has 2 aromatic rings. The van der Waals surface area contributed by atoms with Gasteiger partial charge in [-0.05, 0) is 37.6 Å². The summed E-state index contributed by atoms with van der Waals surface area (Å²) in [5.41, 5.74) is 1.09. The molecule has 0 unspecified atom stereocenters. The standard InChI is InChI=1S/C18H24N4O3/c1-3-16(18(24)19-17-12-13(2)25-20-17)22-10-8-21(9-11-22)14-4-6-15(23)7-5-14/h4-7,12,16,23H,3,8-11H2,1-2H3,(H,19,20,24)/t16-/m0/s1. The Kier molecular flexibility index (Phi) is 5.23. The van der Waals surface area contributed by atoms with Crippen LogP contribution < -0.4 is 10.2 Å². The highest BCUT2D eigenvalue weighted by Crippen LogP contribution is 2.21. The van der Waals surface area contributed by atoms with Crippen molar-refractivity contribution in [1.82, 2.24) is 10.1 Å². The highest BCUT2D eigenvalue weighted by atomic mass is 16.5. The number of phenolic OH excluding ortho intramolecular Hbond substituents is 1. The molecule has 1 atom stereocenters. The number of aromatic nitrogens is 1. The Morgan fingerprint density at radius 2 is 1.96 bits per heavy atom. The van der Waals surface area contributed by atoms with E-state index in [4.69, 9.17) is 4.52 Å². The van der Waals surface area contributed by atoms with Crippen LogP contribution in [0, 0.1) is 6.92 Å². The monoisotopic (exact) mass is 344 g/mol. The summed E-state index contributed by atoms with van der Waals surface area (Å²) in [7, 11) is 0. The van der Waals surface area contributed by atoms with Gasteiger partial charge in [0.15, 0.2) is 5.82 Å². The second-order valence-corrected chi connectivity index (χ2v) is 6.28. The molecule has 7 heteroatoms. The lowest BCUT2D eigenvalue weighted by molar-refractivity contribution is -0.121. The van der Waals surface area contributed by atoms with Crippen LogP contribution in [0.1, 0.15) is 19.1 Å². The van der Waals surface area contributed by atoms with Crippen molar-refractivity contribution in [1.29, 1.82) is 0 Å². The topological polar surface area (TPSA) is 81.8 Å². The lowest BCUT2D eigenvalue weighted by Crippen LogP contribution is -2.53. The first-order valence-electron chi connectivity index (χ1n) is 8.59. The predicted octanol–water partition coefficient (Wildman–Crippen LogP) is 2.23. The normalized spacial score (nSPS) is 16.6. The molecule has 1 aromatic heterocycles. The summed E-state index contributed by atoms with van der Waals surface area (Å²) in [6.45, 7) is 7.12. The molecule has 0 radical (unpaired) electrons. The Labute approximate surface area is 147 Å². The van der Waals surface area contributed by atoms with Crippen LogP contribution in [0.3, 0.4) is 0 Å². The number of piperazine rings is 1. The average molecular weight is 344 g/mol. The smallest absolute Gasteiger partial charge is 0.242 e. The van der Waals surface area contributed by atoms with E-state index in [1.807, 2.05) is 19.1 Å². The van der Waals surface area contributed by atoms with E-state index in [9.17, 15) is 9.90 Å². The number of carbonyl (C=O) groups excluding carboxylic acids is 1. The van der Waals surface area contributed by atoms with Gasteiger partial charge >= 0.3 is 0 Å². The summed E-state index contributed by atoms with van der Waals surface area (Å²) in [5, 5.41) is 16.1. The molecular formula is C18H24N4O3. The van der Waals surface area contributed by atoms with Gasteiger partial charge in [-0.3, -0.25) is 9.69 Å². The fraction of sp³-hybridized carbons (Fsp3) is 0.444. The first-order valence-corrected chi connectivity index (χ1v) is 8.59. The summed E-state index contributed by atoms with van der Waals surface area (Å²) < 4.78 is 4.99. The van der Waals surface area contributed by atoms with Crippen LogP contribution in [0.15, 0.2) is 34.9 Å². The zero-order chi connectivity index (χ0) is 17.8. The van der Waals surface area contributed by atoms with E-state index in [1.165, 1.54) is 0 Å². The first kappa shape index (κ1) is 17.3. The van der Waals surface area contributed by atoms with Crippen LogP contribution in [0.4, 0.5) is 11.5 Å². The number of benzene rings is 1. The van der Waals surface area contributed by atoms with Crippen molar-refractivity contribution in [2.75, 3.05) is 36.4 Å². The number of hydrogen-bond acceptors (Lipinski definition) is 6. The Morgan fingerprint density at radius 3 is 2.52 bits per heavy atom. The number of nitrogens with zero attached hydrogens (tertiary/aromatic N) is 3. The van der Waals surface area contributed by atoms with Crippen LogP contribution >= 0.6 is 0 Å². The largest absolute Gasteiger partial charge is 0.508 e. The summed E-state index contributed by atoms with van der Waals surface area (Å²) >= 11 is 0. The van der Waals surface area contributed by atoms with Crippen LogP contribution in [-0.2, 0) is 4.79 Å². The molecule has 1 amide bonds. The minimum absolute atomic E-state index is 0.0473. The minimum atomic E-state index is -0.182. The molecule has 134 valence electrons. The van der Waals surface area contributed by atoms with E-state index in [0.717, 1.165) is 38.3 Å². The van der Waals surface area contributed by atoms with Gasteiger partial charge in [0.1, 0.15) is 11.5 Å². The summed E-state index contributed by atoms with van der Waals surface area (Å²) in [5.74, 6) is 1.36. The number of hydrogen-bond donors (Lipinski definition) is 2. The second-order valence-electron chi connectivity index (χ2n) is 6.28. The third-order valence-corrected chi connectivity index (χ3v) is 4.54. The third-order valence-electron chi connectivity index (χ3n) is 4.54. The molecule has 1 aliphatic rings. The van der Waals surface area contributed by atoms with Gasteiger partial charge in [0, 0.05) is 37.9 Å². The maximum Gasteiger partial charge on any atom is 0.242 e. The second kappa shape index (κ2) is 7.57. The zero-order valence-corrected chi connectivity index (χ0v) is 14.6. The Balaban J connectivity index is 1.58. The SMILES string of the molecule is CC[C@@H](C(=O)Nc1cc(C)on1)N1CCN(c2ccc(O)cc2)CC1. The van der Waals surface area contributed by atoms with Gasteiger partial charge in [0.25, 0.3) is 0 Å². The summed E-state index contributed by atoms with van der Waals surface area (Å²) in [4.78, 5) is 17.0. The van der Waals surface area contributed by atoms with Gasteiger partial charge in [-0.25, -0.2) is 0 Å². The number of rotatable bonds is 5. The molecule has 2 N–H and O–H groups in total. The number of amides is 1. The number of carbonyl (C=O) groups is 1. The lowest BCUT2D eigenvalue weighted by atomic mass is 10.1. The Hall–Kier alpha value is -2.54. The minimum Gasteiger partial charge on any atom is -0.508 e. The van der Waals surface area contributed by atoms with Crippen LogP contribution in [-0.4, -0.2) is 53.3 Å². The maximum atomic E-state index is 12.6. The number of aryl methyl sites for hydroxylation is 1. The molecule has 1 saturated heterocycles.